The number of nitrogens with one attached hydrogen (secondary N) is 1. The summed E-state index contributed by atoms with van der Waals surface area (Å²) in [5.41, 5.74) is 0.874. The highest BCUT2D eigenvalue weighted by Crippen LogP contribution is 2.27. The average molecular weight is 498 g/mol. The average Bonchev–Trinajstić information content (AvgIpc) is 3.27. The van der Waals surface area contributed by atoms with Gasteiger partial charge in [0, 0.05) is 22.6 Å². The number of ether oxygens (including phenoxy) is 1. The third kappa shape index (κ3) is 6.77. The van der Waals surface area contributed by atoms with Crippen molar-refractivity contribution in [3.8, 4) is 5.75 Å². The number of hydrogen-bond acceptors (Lipinski definition) is 3. The summed E-state index contributed by atoms with van der Waals surface area (Å²) in [6, 6.07) is 11.6. The van der Waals surface area contributed by atoms with Crippen LogP contribution in [0.3, 0.4) is 0 Å². The lowest BCUT2D eigenvalue weighted by atomic mass is 10.1. The molecule has 0 heterocycles. The predicted molar refractivity (Wildman–Crippen MR) is 128 cm³/mol. The second-order valence-electron chi connectivity index (χ2n) is 7.93. The standard InChI is InChI=1S/C24H27Cl3N2O3/c1-2-21(24(31)28-19-5-3-4-6-19)29(14-16-7-9-17(25)10-8-16)23(30)15-32-22-12-11-18(26)13-20(22)27/h7-13,19,21H,2-6,14-15H2,1H3,(H,28,31)/t21-/m1/s1. The van der Waals surface area contributed by atoms with Gasteiger partial charge in [0.05, 0.1) is 5.02 Å². The summed E-state index contributed by atoms with van der Waals surface area (Å²) < 4.78 is 5.66. The predicted octanol–water partition coefficient (Wildman–Crippen LogP) is 5.89. The molecule has 0 aromatic heterocycles. The Hall–Kier alpha value is -1.95. The van der Waals surface area contributed by atoms with Crippen molar-refractivity contribution in [2.45, 2.75) is 57.7 Å². The van der Waals surface area contributed by atoms with Crippen LogP contribution in [0.15, 0.2) is 42.5 Å². The SMILES string of the molecule is CC[C@H](C(=O)NC1CCCC1)N(Cc1ccc(Cl)cc1)C(=O)COc1ccc(Cl)cc1Cl. The molecular weight excluding hydrogens is 471 g/mol. The van der Waals surface area contributed by atoms with E-state index < -0.39 is 6.04 Å². The molecule has 0 spiro atoms. The van der Waals surface area contributed by atoms with Gasteiger partial charge in [0.25, 0.3) is 5.91 Å². The molecule has 2 amide bonds. The molecule has 0 saturated heterocycles. The Balaban J connectivity index is 1.76. The molecule has 172 valence electrons. The minimum Gasteiger partial charge on any atom is -0.482 e. The highest BCUT2D eigenvalue weighted by molar-refractivity contribution is 6.35. The van der Waals surface area contributed by atoms with Gasteiger partial charge in [-0.15, -0.1) is 0 Å². The Morgan fingerprint density at radius 1 is 1.06 bits per heavy atom. The maximum atomic E-state index is 13.2. The third-order valence-electron chi connectivity index (χ3n) is 5.60. The van der Waals surface area contributed by atoms with Gasteiger partial charge < -0.3 is 15.0 Å². The monoisotopic (exact) mass is 496 g/mol. The number of halogens is 3. The molecule has 1 atom stereocenters. The number of hydrogen-bond donors (Lipinski definition) is 1. The summed E-state index contributed by atoms with van der Waals surface area (Å²) in [6.07, 6.45) is 4.67. The van der Waals surface area contributed by atoms with Gasteiger partial charge in [0.1, 0.15) is 11.8 Å². The van der Waals surface area contributed by atoms with E-state index in [1.807, 2.05) is 19.1 Å². The first kappa shape index (κ1) is 24.7. The van der Waals surface area contributed by atoms with Gasteiger partial charge in [0.2, 0.25) is 5.91 Å². The number of rotatable bonds is 9. The fourth-order valence-electron chi connectivity index (χ4n) is 3.89. The van der Waals surface area contributed by atoms with Crippen molar-refractivity contribution in [3.05, 3.63) is 63.1 Å². The lowest BCUT2D eigenvalue weighted by Crippen LogP contribution is -2.52. The summed E-state index contributed by atoms with van der Waals surface area (Å²) >= 11 is 18.1. The molecular formula is C24H27Cl3N2O3. The van der Waals surface area contributed by atoms with E-state index in [4.69, 9.17) is 39.5 Å². The molecule has 0 bridgehead atoms. The van der Waals surface area contributed by atoms with E-state index in [2.05, 4.69) is 5.32 Å². The van der Waals surface area contributed by atoms with Crippen LogP contribution in [0.2, 0.25) is 15.1 Å². The second-order valence-corrected chi connectivity index (χ2v) is 9.21. The fraction of sp³-hybridized carbons (Fsp3) is 0.417. The van der Waals surface area contributed by atoms with Gasteiger partial charge >= 0.3 is 0 Å². The first-order chi connectivity index (χ1) is 15.4. The van der Waals surface area contributed by atoms with E-state index in [1.165, 1.54) is 0 Å². The Morgan fingerprint density at radius 3 is 2.34 bits per heavy atom. The third-order valence-corrected chi connectivity index (χ3v) is 6.38. The molecule has 0 unspecified atom stereocenters. The minimum atomic E-state index is -0.608. The molecule has 3 rings (SSSR count). The molecule has 8 heteroatoms. The molecule has 1 N–H and O–H groups in total. The molecule has 2 aromatic carbocycles. The number of carbonyl (C=O) groups is 2. The number of carbonyl (C=O) groups excluding carboxylic acids is 2. The van der Waals surface area contributed by atoms with Gasteiger partial charge in [-0.3, -0.25) is 9.59 Å². The smallest absolute Gasteiger partial charge is 0.261 e. The lowest BCUT2D eigenvalue weighted by Gasteiger charge is -2.31. The fourth-order valence-corrected chi connectivity index (χ4v) is 4.48. The van der Waals surface area contributed by atoms with Crippen molar-refractivity contribution < 1.29 is 14.3 Å². The highest BCUT2D eigenvalue weighted by atomic mass is 35.5. The molecule has 2 aromatic rings. The van der Waals surface area contributed by atoms with Crippen molar-refractivity contribution in [2.75, 3.05) is 6.61 Å². The Labute approximate surface area is 204 Å². The van der Waals surface area contributed by atoms with E-state index in [0.717, 1.165) is 31.2 Å². The maximum Gasteiger partial charge on any atom is 0.261 e. The van der Waals surface area contributed by atoms with Crippen LogP contribution in [0.25, 0.3) is 0 Å². The Kier molecular flexibility index (Phi) is 9.09. The zero-order valence-corrected chi connectivity index (χ0v) is 20.2. The molecule has 32 heavy (non-hydrogen) atoms. The van der Waals surface area contributed by atoms with Crippen LogP contribution >= 0.6 is 34.8 Å². The van der Waals surface area contributed by atoms with Crippen molar-refractivity contribution in [2.24, 2.45) is 0 Å². The Morgan fingerprint density at radius 2 is 1.72 bits per heavy atom. The zero-order chi connectivity index (χ0) is 23.1. The van der Waals surface area contributed by atoms with Crippen LogP contribution in [0.4, 0.5) is 0 Å². The first-order valence-corrected chi connectivity index (χ1v) is 11.9. The van der Waals surface area contributed by atoms with Crippen LogP contribution in [0, 0.1) is 0 Å². The van der Waals surface area contributed by atoms with Crippen molar-refractivity contribution in [1.29, 1.82) is 0 Å². The van der Waals surface area contributed by atoms with Crippen LogP contribution < -0.4 is 10.1 Å². The summed E-state index contributed by atoms with van der Waals surface area (Å²) in [5, 5.41) is 4.53. The van der Waals surface area contributed by atoms with Crippen LogP contribution in [-0.2, 0) is 16.1 Å². The maximum absolute atomic E-state index is 13.2. The molecule has 0 aliphatic heterocycles. The number of amides is 2. The summed E-state index contributed by atoms with van der Waals surface area (Å²) in [4.78, 5) is 27.9. The first-order valence-electron chi connectivity index (χ1n) is 10.8. The molecule has 1 fully saturated rings. The van der Waals surface area contributed by atoms with Crippen LogP contribution in [0.5, 0.6) is 5.75 Å². The van der Waals surface area contributed by atoms with Gasteiger partial charge in [-0.05, 0) is 55.2 Å². The lowest BCUT2D eigenvalue weighted by molar-refractivity contribution is -0.143. The summed E-state index contributed by atoms with van der Waals surface area (Å²) in [7, 11) is 0. The largest absolute Gasteiger partial charge is 0.482 e. The molecule has 1 saturated carbocycles. The van der Waals surface area contributed by atoms with E-state index in [0.29, 0.717) is 27.2 Å². The normalized spacial score (nSPS) is 14.8. The van der Waals surface area contributed by atoms with Gasteiger partial charge in [-0.2, -0.15) is 0 Å². The number of benzene rings is 2. The quantitative estimate of drug-likeness (QED) is 0.470. The van der Waals surface area contributed by atoms with Gasteiger partial charge in [-0.25, -0.2) is 0 Å². The van der Waals surface area contributed by atoms with E-state index in [-0.39, 0.29) is 31.0 Å². The Bertz CT molecular complexity index is 931. The minimum absolute atomic E-state index is 0.133. The number of nitrogens with zero attached hydrogens (tertiary/aromatic N) is 1. The van der Waals surface area contributed by atoms with E-state index in [1.54, 1.807) is 35.2 Å². The van der Waals surface area contributed by atoms with Crippen LogP contribution in [0.1, 0.15) is 44.6 Å². The highest BCUT2D eigenvalue weighted by Gasteiger charge is 2.31. The van der Waals surface area contributed by atoms with Crippen LogP contribution in [-0.4, -0.2) is 35.4 Å². The topological polar surface area (TPSA) is 58.6 Å². The van der Waals surface area contributed by atoms with E-state index in [9.17, 15) is 9.59 Å². The summed E-state index contributed by atoms with van der Waals surface area (Å²) in [6.45, 7) is 1.92. The second kappa shape index (κ2) is 11.8. The molecule has 0 radical (unpaired) electrons. The molecule has 1 aliphatic carbocycles. The molecule has 5 nitrogen and oxygen atoms in total. The van der Waals surface area contributed by atoms with Crippen molar-refractivity contribution in [3.63, 3.8) is 0 Å². The van der Waals surface area contributed by atoms with Gasteiger partial charge in [0.15, 0.2) is 6.61 Å². The zero-order valence-electron chi connectivity index (χ0n) is 18.0. The summed E-state index contributed by atoms with van der Waals surface area (Å²) in [5.74, 6) is -0.0788. The van der Waals surface area contributed by atoms with Gasteiger partial charge in [-0.1, -0.05) is 66.7 Å². The molecule has 1 aliphatic rings. The van der Waals surface area contributed by atoms with E-state index >= 15 is 0 Å². The van der Waals surface area contributed by atoms with Crippen molar-refractivity contribution >= 4 is 46.6 Å². The van der Waals surface area contributed by atoms with Crippen molar-refractivity contribution in [1.82, 2.24) is 10.2 Å².